The van der Waals surface area contributed by atoms with Crippen LogP contribution in [-0.2, 0) is 10.0 Å². The molecule has 0 unspecified atom stereocenters. The molecule has 2 aromatic rings. The van der Waals surface area contributed by atoms with E-state index < -0.39 is 10.0 Å². The largest absolute Gasteiger partial charge is 0.497 e. The van der Waals surface area contributed by atoms with Crippen LogP contribution in [0.1, 0.15) is 0 Å². The van der Waals surface area contributed by atoms with Gasteiger partial charge >= 0.3 is 0 Å². The first kappa shape index (κ1) is 14.2. The Morgan fingerprint density at radius 1 is 1.37 bits per heavy atom. The van der Waals surface area contributed by atoms with Gasteiger partial charge in [0.15, 0.2) is 0 Å². The fourth-order valence-electron chi connectivity index (χ4n) is 1.38. The van der Waals surface area contributed by atoms with Crippen LogP contribution in [0.2, 0.25) is 0 Å². The third kappa shape index (κ3) is 3.20. The second kappa shape index (κ2) is 5.40. The topological polar surface area (TPSA) is 81.4 Å². The van der Waals surface area contributed by atoms with Gasteiger partial charge < -0.3 is 10.5 Å². The average Bonchev–Trinajstić information content (AvgIpc) is 2.79. The normalized spacial score (nSPS) is 11.3. The van der Waals surface area contributed by atoms with Crippen LogP contribution >= 0.6 is 27.3 Å². The highest BCUT2D eigenvalue weighted by Crippen LogP contribution is 2.30. The smallest absolute Gasteiger partial charge is 0.271 e. The molecule has 2 rings (SSSR count). The average molecular weight is 363 g/mol. The number of anilines is 2. The molecule has 19 heavy (non-hydrogen) atoms. The molecule has 0 aliphatic rings. The van der Waals surface area contributed by atoms with Gasteiger partial charge in [0.2, 0.25) is 0 Å². The van der Waals surface area contributed by atoms with Crippen LogP contribution in [0.5, 0.6) is 5.75 Å². The van der Waals surface area contributed by atoms with Crippen molar-refractivity contribution in [2.75, 3.05) is 17.6 Å². The molecule has 0 saturated carbocycles. The summed E-state index contributed by atoms with van der Waals surface area (Å²) in [4.78, 5) is 0. The predicted molar refractivity (Wildman–Crippen MR) is 80.2 cm³/mol. The zero-order valence-electron chi connectivity index (χ0n) is 9.88. The quantitative estimate of drug-likeness (QED) is 0.875. The van der Waals surface area contributed by atoms with Crippen molar-refractivity contribution in [3.05, 3.63) is 34.1 Å². The molecule has 1 aromatic heterocycles. The minimum absolute atomic E-state index is 0.166. The zero-order valence-corrected chi connectivity index (χ0v) is 13.1. The first-order valence-electron chi connectivity index (χ1n) is 5.13. The maximum absolute atomic E-state index is 12.1. The van der Waals surface area contributed by atoms with E-state index in [0.717, 1.165) is 11.3 Å². The van der Waals surface area contributed by atoms with E-state index in [4.69, 9.17) is 10.5 Å². The number of nitrogens with two attached hydrogens (primary N) is 1. The van der Waals surface area contributed by atoms with Gasteiger partial charge in [-0.3, -0.25) is 4.72 Å². The minimum Gasteiger partial charge on any atom is -0.497 e. The van der Waals surface area contributed by atoms with Crippen molar-refractivity contribution in [2.45, 2.75) is 4.21 Å². The SMILES string of the molecule is COc1ccc(Br)c(NS(=O)(=O)c2cc(N)cs2)c1. The van der Waals surface area contributed by atoms with Gasteiger partial charge in [-0.05, 0) is 34.1 Å². The molecule has 0 bridgehead atoms. The van der Waals surface area contributed by atoms with Gasteiger partial charge in [0.1, 0.15) is 9.96 Å². The Bertz CT molecular complexity index is 698. The van der Waals surface area contributed by atoms with Crippen LogP contribution < -0.4 is 15.2 Å². The van der Waals surface area contributed by atoms with E-state index in [1.165, 1.54) is 13.2 Å². The lowest BCUT2D eigenvalue weighted by molar-refractivity contribution is 0.415. The summed E-state index contributed by atoms with van der Waals surface area (Å²) < 4.78 is 32.6. The Labute approximate surface area is 123 Å². The number of hydrogen-bond donors (Lipinski definition) is 2. The lowest BCUT2D eigenvalue weighted by Gasteiger charge is -2.09. The fraction of sp³-hybridized carbons (Fsp3) is 0.0909. The van der Waals surface area contributed by atoms with Crippen LogP contribution in [0.25, 0.3) is 0 Å². The molecule has 5 nitrogen and oxygen atoms in total. The third-order valence-corrected chi connectivity index (χ3v) is 5.79. The van der Waals surface area contributed by atoms with Gasteiger partial charge in [-0.15, -0.1) is 11.3 Å². The highest BCUT2D eigenvalue weighted by Gasteiger charge is 2.18. The zero-order chi connectivity index (χ0) is 14.0. The van der Waals surface area contributed by atoms with Crippen molar-refractivity contribution < 1.29 is 13.2 Å². The van der Waals surface area contributed by atoms with Crippen molar-refractivity contribution >= 4 is 48.7 Å². The van der Waals surface area contributed by atoms with Crippen LogP contribution in [-0.4, -0.2) is 15.5 Å². The number of nitrogen functional groups attached to an aromatic ring is 1. The molecule has 3 N–H and O–H groups in total. The first-order chi connectivity index (χ1) is 8.92. The molecular formula is C11H11BrN2O3S2. The van der Waals surface area contributed by atoms with E-state index in [1.807, 2.05) is 0 Å². The van der Waals surface area contributed by atoms with Gasteiger partial charge in [-0.2, -0.15) is 0 Å². The molecule has 0 fully saturated rings. The van der Waals surface area contributed by atoms with Gasteiger partial charge in [0, 0.05) is 21.6 Å². The second-order valence-corrected chi connectivity index (χ2v) is 7.33. The molecule has 0 saturated heterocycles. The van der Waals surface area contributed by atoms with Crippen LogP contribution in [0.3, 0.4) is 0 Å². The Balaban J connectivity index is 2.35. The second-order valence-electron chi connectivity index (χ2n) is 3.65. The molecule has 1 aromatic carbocycles. The molecule has 8 heteroatoms. The maximum atomic E-state index is 12.1. The van der Waals surface area contributed by atoms with E-state index in [2.05, 4.69) is 20.7 Å². The van der Waals surface area contributed by atoms with Crippen molar-refractivity contribution in [1.82, 2.24) is 0 Å². The molecule has 0 aliphatic carbocycles. The Hall–Kier alpha value is -1.25. The highest BCUT2D eigenvalue weighted by atomic mass is 79.9. The molecule has 0 spiro atoms. The summed E-state index contributed by atoms with van der Waals surface area (Å²) in [5, 5.41) is 1.58. The van der Waals surface area contributed by atoms with Crippen LogP contribution in [0, 0.1) is 0 Å². The van der Waals surface area contributed by atoms with Gasteiger partial charge in [-0.1, -0.05) is 0 Å². The summed E-state index contributed by atoms with van der Waals surface area (Å²) in [5.74, 6) is 0.562. The maximum Gasteiger partial charge on any atom is 0.271 e. The number of nitrogens with one attached hydrogen (secondary N) is 1. The first-order valence-corrected chi connectivity index (χ1v) is 8.28. The molecule has 0 amide bonds. The van der Waals surface area contributed by atoms with E-state index >= 15 is 0 Å². The summed E-state index contributed by atoms with van der Waals surface area (Å²) in [6.45, 7) is 0. The summed E-state index contributed by atoms with van der Waals surface area (Å²) in [6, 6.07) is 6.45. The van der Waals surface area contributed by atoms with Crippen molar-refractivity contribution in [3.63, 3.8) is 0 Å². The number of hydrogen-bond acceptors (Lipinski definition) is 5. The molecule has 0 atom stereocenters. The molecule has 102 valence electrons. The number of rotatable bonds is 4. The van der Waals surface area contributed by atoms with E-state index in [9.17, 15) is 8.42 Å². The Morgan fingerprint density at radius 2 is 2.11 bits per heavy atom. The summed E-state index contributed by atoms with van der Waals surface area (Å²) >= 11 is 4.36. The van der Waals surface area contributed by atoms with Gasteiger partial charge in [-0.25, -0.2) is 8.42 Å². The third-order valence-electron chi connectivity index (χ3n) is 2.28. The molecule has 0 radical (unpaired) electrons. The number of methoxy groups -OCH3 is 1. The minimum atomic E-state index is -3.64. The number of ether oxygens (including phenoxy) is 1. The predicted octanol–water partition coefficient (Wildman–Crippen LogP) is 2.90. The van der Waals surface area contributed by atoms with Crippen molar-refractivity contribution in [1.29, 1.82) is 0 Å². The fourth-order valence-corrected chi connectivity index (χ4v) is 4.00. The summed E-state index contributed by atoms with van der Waals surface area (Å²) in [6.07, 6.45) is 0. The molecule has 0 aliphatic heterocycles. The number of halogens is 1. The number of benzene rings is 1. The van der Waals surface area contributed by atoms with E-state index in [1.54, 1.807) is 23.6 Å². The summed E-state index contributed by atoms with van der Waals surface area (Å²) in [5.41, 5.74) is 6.37. The van der Waals surface area contributed by atoms with Crippen molar-refractivity contribution in [3.8, 4) is 5.75 Å². The monoisotopic (exact) mass is 362 g/mol. The Kier molecular flexibility index (Phi) is 4.02. The lowest BCUT2D eigenvalue weighted by atomic mass is 10.3. The number of sulfonamides is 1. The standard InChI is InChI=1S/C11H11BrN2O3S2/c1-17-8-2-3-9(12)10(5-8)14-19(15,16)11-4-7(13)6-18-11/h2-6,14H,13H2,1H3. The number of thiophene rings is 1. The van der Waals surface area contributed by atoms with Crippen LogP contribution in [0.15, 0.2) is 38.3 Å². The van der Waals surface area contributed by atoms with E-state index in [0.29, 0.717) is 21.6 Å². The Morgan fingerprint density at radius 3 is 2.68 bits per heavy atom. The summed E-state index contributed by atoms with van der Waals surface area (Å²) in [7, 11) is -2.12. The molecular weight excluding hydrogens is 352 g/mol. The van der Waals surface area contributed by atoms with Gasteiger partial charge in [0.05, 0.1) is 12.8 Å². The van der Waals surface area contributed by atoms with Gasteiger partial charge in [0.25, 0.3) is 10.0 Å². The molecule has 1 heterocycles. The van der Waals surface area contributed by atoms with E-state index in [-0.39, 0.29) is 4.21 Å². The van der Waals surface area contributed by atoms with Crippen molar-refractivity contribution in [2.24, 2.45) is 0 Å². The lowest BCUT2D eigenvalue weighted by Crippen LogP contribution is -2.12. The highest BCUT2D eigenvalue weighted by molar-refractivity contribution is 9.10. The van der Waals surface area contributed by atoms with Crippen LogP contribution in [0.4, 0.5) is 11.4 Å².